The summed E-state index contributed by atoms with van der Waals surface area (Å²) in [6, 6.07) is 6.22. The Kier molecular flexibility index (Phi) is 2.77. The molecular weight excluding hydrogens is 390 g/mol. The van der Waals surface area contributed by atoms with Crippen LogP contribution in [-0.4, -0.2) is 7.76 Å². The Hall–Kier alpha value is 0.150. The minimum absolute atomic E-state index is 0.980. The molecule has 0 radical (unpaired) electrons. The zero-order valence-corrected chi connectivity index (χ0v) is 11.4. The Morgan fingerprint density at radius 3 is 2.85 bits per heavy atom. The Morgan fingerprint density at radius 2 is 2.23 bits per heavy atom. The Balaban J connectivity index is 2.85. The number of fused-ring (bicyclic) bond motifs is 1. The van der Waals surface area contributed by atoms with Crippen LogP contribution in [0, 0.1) is 3.57 Å². The summed E-state index contributed by atoms with van der Waals surface area (Å²) in [7, 11) is 0. The van der Waals surface area contributed by atoms with E-state index in [0.29, 0.717) is 0 Å². The lowest BCUT2D eigenvalue weighted by atomic mass is 10.3. The minimum atomic E-state index is 0.980. The van der Waals surface area contributed by atoms with Gasteiger partial charge in [-0.1, -0.05) is 13.0 Å². The van der Waals surface area contributed by atoms with E-state index in [9.17, 15) is 0 Å². The van der Waals surface area contributed by atoms with Gasteiger partial charge in [0.25, 0.3) is 0 Å². The van der Waals surface area contributed by atoms with Gasteiger partial charge in [0.1, 0.15) is 5.82 Å². The normalized spacial score (nSPS) is 11.0. The highest BCUT2D eigenvalue weighted by Crippen LogP contribution is 2.24. The van der Waals surface area contributed by atoms with Crippen LogP contribution in [0.15, 0.2) is 18.2 Å². The predicted molar refractivity (Wildman–Crippen MR) is 71.2 cm³/mol. The molecule has 0 aliphatic rings. The second kappa shape index (κ2) is 3.72. The number of rotatable bonds is 1. The number of aromatic nitrogens is 2. The van der Waals surface area contributed by atoms with Gasteiger partial charge >= 0.3 is 0 Å². The van der Waals surface area contributed by atoms with Crippen LogP contribution in [0.2, 0.25) is 0 Å². The summed E-state index contributed by atoms with van der Waals surface area (Å²) < 4.78 is 3.41. The Morgan fingerprint density at radius 1 is 1.46 bits per heavy atom. The standard InChI is InChI=1S/C9H8I2N2/c1-2-8-12-7-5-3-4-6(10)9(7)13(8)11/h3-5H,2H2,1H3. The molecule has 0 saturated carbocycles. The van der Waals surface area contributed by atoms with Crippen LogP contribution in [0.25, 0.3) is 11.0 Å². The van der Waals surface area contributed by atoms with E-state index >= 15 is 0 Å². The summed E-state index contributed by atoms with van der Waals surface area (Å²) in [5.74, 6) is 1.14. The molecule has 0 N–H and O–H groups in total. The molecule has 0 atom stereocenters. The maximum atomic E-state index is 4.54. The quantitative estimate of drug-likeness (QED) is 0.674. The van der Waals surface area contributed by atoms with Crippen molar-refractivity contribution in [2.24, 2.45) is 0 Å². The van der Waals surface area contributed by atoms with Crippen molar-refractivity contribution in [2.75, 3.05) is 0 Å². The van der Waals surface area contributed by atoms with Gasteiger partial charge in [0.2, 0.25) is 0 Å². The highest BCUT2D eigenvalue weighted by atomic mass is 127. The maximum absolute atomic E-state index is 4.54. The van der Waals surface area contributed by atoms with Crippen molar-refractivity contribution < 1.29 is 0 Å². The van der Waals surface area contributed by atoms with Crippen LogP contribution >= 0.6 is 45.5 Å². The molecule has 2 nitrogen and oxygen atoms in total. The fourth-order valence-corrected chi connectivity index (χ4v) is 3.46. The van der Waals surface area contributed by atoms with E-state index < -0.39 is 0 Å². The van der Waals surface area contributed by atoms with Crippen LogP contribution in [0.4, 0.5) is 0 Å². The van der Waals surface area contributed by atoms with Gasteiger partial charge in [-0.2, -0.15) is 0 Å². The molecule has 2 rings (SSSR count). The first kappa shape index (κ1) is 9.70. The van der Waals surface area contributed by atoms with Gasteiger partial charge in [0, 0.05) is 9.99 Å². The van der Waals surface area contributed by atoms with Crippen LogP contribution in [0.1, 0.15) is 12.7 Å². The zero-order valence-electron chi connectivity index (χ0n) is 7.09. The lowest BCUT2D eigenvalue weighted by Crippen LogP contribution is -1.89. The summed E-state index contributed by atoms with van der Waals surface area (Å²) in [5.41, 5.74) is 2.33. The molecule has 4 heteroatoms. The van der Waals surface area contributed by atoms with Crippen LogP contribution in [0.5, 0.6) is 0 Å². The fraction of sp³-hybridized carbons (Fsp3) is 0.222. The average Bonchev–Trinajstić information content (AvgIpc) is 2.44. The molecule has 0 fully saturated rings. The maximum Gasteiger partial charge on any atom is 0.118 e. The summed E-state index contributed by atoms with van der Waals surface area (Å²) in [6.45, 7) is 2.13. The number of imidazole rings is 1. The largest absolute Gasteiger partial charge is 0.267 e. The highest BCUT2D eigenvalue weighted by Gasteiger charge is 2.08. The molecule has 68 valence electrons. The molecule has 2 aromatic rings. The second-order valence-corrected chi connectivity index (χ2v) is 4.90. The SMILES string of the molecule is CCc1nc2cccc(I)c2n1I. The van der Waals surface area contributed by atoms with Gasteiger partial charge in [-0.15, -0.1) is 0 Å². The van der Waals surface area contributed by atoms with Crippen molar-refractivity contribution in [1.29, 1.82) is 0 Å². The summed E-state index contributed by atoms with van der Waals surface area (Å²) >= 11 is 4.66. The summed E-state index contributed by atoms with van der Waals surface area (Å²) in [5, 5.41) is 0. The number of aryl methyl sites for hydroxylation is 1. The smallest absolute Gasteiger partial charge is 0.118 e. The molecule has 0 bridgehead atoms. The number of hydrogen-bond donors (Lipinski definition) is 0. The van der Waals surface area contributed by atoms with E-state index in [-0.39, 0.29) is 0 Å². The molecule has 13 heavy (non-hydrogen) atoms. The molecule has 0 spiro atoms. The van der Waals surface area contributed by atoms with Gasteiger partial charge in [-0.05, 0) is 34.7 Å². The first-order valence-corrected chi connectivity index (χ1v) is 6.10. The molecule has 0 saturated heterocycles. The molecule has 0 aliphatic carbocycles. The second-order valence-electron chi connectivity index (χ2n) is 2.77. The van der Waals surface area contributed by atoms with Crippen molar-refractivity contribution in [2.45, 2.75) is 13.3 Å². The predicted octanol–water partition coefficient (Wildman–Crippen LogP) is 3.40. The number of benzene rings is 1. The first-order chi connectivity index (χ1) is 6.24. The third-order valence-corrected chi connectivity index (χ3v) is 3.86. The molecule has 0 amide bonds. The Labute approximate surface area is 104 Å². The van der Waals surface area contributed by atoms with E-state index in [1.54, 1.807) is 0 Å². The Bertz CT molecular complexity index is 448. The van der Waals surface area contributed by atoms with E-state index in [2.05, 4.69) is 72.3 Å². The van der Waals surface area contributed by atoms with E-state index in [1.165, 1.54) is 9.09 Å². The number of halogens is 2. The van der Waals surface area contributed by atoms with E-state index in [1.807, 2.05) is 6.07 Å². The molecule has 1 heterocycles. The van der Waals surface area contributed by atoms with E-state index in [0.717, 1.165) is 17.8 Å². The summed E-state index contributed by atoms with van der Waals surface area (Å²) in [4.78, 5) is 4.54. The third-order valence-electron chi connectivity index (χ3n) is 1.95. The number of para-hydroxylation sites is 1. The van der Waals surface area contributed by atoms with Crippen molar-refractivity contribution in [3.63, 3.8) is 0 Å². The number of hydrogen-bond acceptors (Lipinski definition) is 1. The zero-order chi connectivity index (χ0) is 9.42. The van der Waals surface area contributed by atoms with Gasteiger partial charge in [-0.25, -0.2) is 4.98 Å². The van der Waals surface area contributed by atoms with Gasteiger partial charge in [0.15, 0.2) is 0 Å². The monoisotopic (exact) mass is 398 g/mol. The summed E-state index contributed by atoms with van der Waals surface area (Å²) in [6.07, 6.45) is 0.980. The molecule has 0 aliphatic heterocycles. The fourth-order valence-electron chi connectivity index (χ4n) is 1.32. The number of nitrogens with zero attached hydrogens (tertiary/aromatic N) is 2. The molecule has 1 aromatic heterocycles. The topological polar surface area (TPSA) is 17.8 Å². The van der Waals surface area contributed by atoms with Gasteiger partial charge in [0.05, 0.1) is 33.9 Å². The van der Waals surface area contributed by atoms with Crippen molar-refractivity contribution in [3.8, 4) is 0 Å². The van der Waals surface area contributed by atoms with Crippen molar-refractivity contribution >= 4 is 56.5 Å². The van der Waals surface area contributed by atoms with Crippen LogP contribution < -0.4 is 0 Å². The highest BCUT2D eigenvalue weighted by molar-refractivity contribution is 14.1. The first-order valence-electron chi connectivity index (χ1n) is 4.06. The van der Waals surface area contributed by atoms with Crippen LogP contribution in [-0.2, 0) is 6.42 Å². The van der Waals surface area contributed by atoms with E-state index in [4.69, 9.17) is 0 Å². The lowest BCUT2D eigenvalue weighted by molar-refractivity contribution is 0.988. The minimum Gasteiger partial charge on any atom is -0.267 e. The van der Waals surface area contributed by atoms with Crippen molar-refractivity contribution in [3.05, 3.63) is 27.6 Å². The lowest BCUT2D eigenvalue weighted by Gasteiger charge is -1.97. The average molecular weight is 398 g/mol. The van der Waals surface area contributed by atoms with Gasteiger partial charge < -0.3 is 0 Å². The molecule has 1 aromatic carbocycles. The van der Waals surface area contributed by atoms with Gasteiger partial charge in [-0.3, -0.25) is 2.78 Å². The van der Waals surface area contributed by atoms with Crippen LogP contribution in [0.3, 0.4) is 0 Å². The van der Waals surface area contributed by atoms with Crippen molar-refractivity contribution in [1.82, 2.24) is 7.76 Å². The molecule has 0 unspecified atom stereocenters. The third kappa shape index (κ3) is 1.58. The molecular formula is C9H8I2N2.